The van der Waals surface area contributed by atoms with Crippen LogP contribution in [0.4, 0.5) is 26.3 Å². The summed E-state index contributed by atoms with van der Waals surface area (Å²) in [6, 6.07) is 0. The Balaban J connectivity index is 4.95. The van der Waals surface area contributed by atoms with E-state index < -0.39 is 18.1 Å². The van der Waals surface area contributed by atoms with Gasteiger partial charge in [-0.2, -0.15) is 26.3 Å². The molecule has 0 aliphatic carbocycles. The van der Waals surface area contributed by atoms with Gasteiger partial charge in [-0.1, -0.05) is 0 Å². The van der Waals surface area contributed by atoms with Crippen molar-refractivity contribution in [1.29, 1.82) is 0 Å². The van der Waals surface area contributed by atoms with Crippen LogP contribution >= 0.6 is 0 Å². The van der Waals surface area contributed by atoms with Crippen LogP contribution in [0, 0.1) is 0 Å². The summed E-state index contributed by atoms with van der Waals surface area (Å²) in [5.74, 6) is 0. The lowest BCUT2D eigenvalue weighted by Gasteiger charge is -2.31. The summed E-state index contributed by atoms with van der Waals surface area (Å²) in [5.41, 5.74) is -4.83. The van der Waals surface area contributed by atoms with Crippen molar-refractivity contribution in [3.8, 4) is 0 Å². The molecule has 0 aromatic carbocycles. The SMILES string of the molecule is CNC(O)(C(F)(F)F)C(F)(F)F. The summed E-state index contributed by atoms with van der Waals surface area (Å²) < 4.78 is 69.4. The fourth-order valence-corrected chi connectivity index (χ4v) is 0.444. The minimum absolute atomic E-state index is 0.362. The molecule has 74 valence electrons. The van der Waals surface area contributed by atoms with Gasteiger partial charge < -0.3 is 5.11 Å². The molecule has 0 atom stereocenters. The molecule has 0 saturated carbocycles. The molecule has 0 aliphatic heterocycles. The number of hydrogen-bond donors (Lipinski definition) is 2. The van der Waals surface area contributed by atoms with Gasteiger partial charge in [-0.25, -0.2) is 0 Å². The maximum absolute atomic E-state index is 11.6. The van der Waals surface area contributed by atoms with Gasteiger partial charge in [0.25, 0.3) is 0 Å². The second kappa shape index (κ2) is 2.77. The molecule has 8 heteroatoms. The summed E-state index contributed by atoms with van der Waals surface area (Å²) in [5, 5.41) is 8.90. The van der Waals surface area contributed by atoms with Crippen LogP contribution in [0.15, 0.2) is 0 Å². The lowest BCUT2D eigenvalue weighted by atomic mass is 10.2. The molecule has 0 spiro atoms. The summed E-state index contributed by atoms with van der Waals surface area (Å²) in [4.78, 5) is 0. The smallest absolute Gasteiger partial charge is 0.361 e. The summed E-state index contributed by atoms with van der Waals surface area (Å²) in [7, 11) is 0.362. The molecular weight excluding hydrogens is 192 g/mol. The quantitative estimate of drug-likeness (QED) is 0.485. The van der Waals surface area contributed by atoms with Crippen LogP contribution in [0.2, 0.25) is 0 Å². The third-order valence-corrected chi connectivity index (χ3v) is 1.18. The van der Waals surface area contributed by atoms with E-state index in [0.29, 0.717) is 7.05 Å². The van der Waals surface area contributed by atoms with Gasteiger partial charge in [-0.3, -0.25) is 5.32 Å². The van der Waals surface area contributed by atoms with Crippen LogP contribution < -0.4 is 5.32 Å². The lowest BCUT2D eigenvalue weighted by molar-refractivity contribution is -0.377. The van der Waals surface area contributed by atoms with Crippen LogP contribution in [0.5, 0.6) is 0 Å². The van der Waals surface area contributed by atoms with Crippen molar-refractivity contribution >= 4 is 0 Å². The molecule has 2 nitrogen and oxygen atoms in total. The predicted octanol–water partition coefficient (Wildman–Crippen LogP) is 1.02. The van der Waals surface area contributed by atoms with Crippen molar-refractivity contribution in [2.24, 2.45) is 0 Å². The minimum atomic E-state index is -5.79. The first-order valence-corrected chi connectivity index (χ1v) is 2.61. The van der Waals surface area contributed by atoms with E-state index in [1.165, 1.54) is 0 Å². The highest BCUT2D eigenvalue weighted by Gasteiger charge is 2.70. The van der Waals surface area contributed by atoms with Crippen LogP contribution in [0.25, 0.3) is 0 Å². The molecule has 0 heterocycles. The van der Waals surface area contributed by atoms with Gasteiger partial charge in [0.1, 0.15) is 0 Å². The van der Waals surface area contributed by atoms with Gasteiger partial charge in [0.2, 0.25) is 0 Å². The van der Waals surface area contributed by atoms with Gasteiger partial charge in [-0.05, 0) is 7.05 Å². The van der Waals surface area contributed by atoms with Crippen LogP contribution in [-0.4, -0.2) is 30.2 Å². The summed E-state index contributed by atoms with van der Waals surface area (Å²) in [6.07, 6.45) is -11.6. The van der Waals surface area contributed by atoms with E-state index in [2.05, 4.69) is 0 Å². The van der Waals surface area contributed by atoms with Gasteiger partial charge in [0, 0.05) is 0 Å². The number of alkyl halides is 6. The van der Waals surface area contributed by atoms with Crippen molar-refractivity contribution in [2.45, 2.75) is 18.1 Å². The second-order valence-corrected chi connectivity index (χ2v) is 1.96. The Morgan fingerprint density at radius 1 is 0.917 bits per heavy atom. The third kappa shape index (κ3) is 1.63. The first-order valence-electron chi connectivity index (χ1n) is 2.61. The average Bonchev–Trinajstić information content (AvgIpc) is 1.81. The van der Waals surface area contributed by atoms with Crippen molar-refractivity contribution in [2.75, 3.05) is 7.05 Å². The molecule has 0 amide bonds. The Kier molecular flexibility index (Phi) is 2.65. The average molecular weight is 197 g/mol. The third-order valence-electron chi connectivity index (χ3n) is 1.18. The Morgan fingerprint density at radius 2 is 1.17 bits per heavy atom. The van der Waals surface area contributed by atoms with Crippen molar-refractivity contribution in [1.82, 2.24) is 5.32 Å². The van der Waals surface area contributed by atoms with Gasteiger partial charge in [0.05, 0.1) is 0 Å². The summed E-state index contributed by atoms with van der Waals surface area (Å²) in [6.45, 7) is 0. The number of hydrogen-bond acceptors (Lipinski definition) is 2. The highest BCUT2D eigenvalue weighted by atomic mass is 19.4. The Labute approximate surface area is 63.2 Å². The van der Waals surface area contributed by atoms with Crippen LogP contribution in [-0.2, 0) is 0 Å². The van der Waals surface area contributed by atoms with Crippen molar-refractivity contribution < 1.29 is 31.4 Å². The maximum Gasteiger partial charge on any atom is 0.440 e. The van der Waals surface area contributed by atoms with E-state index >= 15 is 0 Å². The van der Waals surface area contributed by atoms with E-state index in [1.807, 2.05) is 0 Å². The van der Waals surface area contributed by atoms with E-state index in [-0.39, 0.29) is 0 Å². The first-order chi connectivity index (χ1) is 5.06. The molecular formula is C4H5F6NO. The second-order valence-electron chi connectivity index (χ2n) is 1.96. The van der Waals surface area contributed by atoms with Gasteiger partial charge >= 0.3 is 18.1 Å². The van der Waals surface area contributed by atoms with Crippen molar-refractivity contribution in [3.05, 3.63) is 0 Å². The van der Waals surface area contributed by atoms with Gasteiger partial charge in [-0.15, -0.1) is 0 Å². The molecule has 2 N–H and O–H groups in total. The monoisotopic (exact) mass is 197 g/mol. The zero-order valence-corrected chi connectivity index (χ0v) is 5.72. The Bertz CT molecular complexity index is 146. The maximum atomic E-state index is 11.6. The molecule has 0 aliphatic rings. The molecule has 0 radical (unpaired) electrons. The molecule has 12 heavy (non-hydrogen) atoms. The molecule has 0 bridgehead atoms. The number of nitrogens with one attached hydrogen (secondary N) is 1. The minimum Gasteiger partial charge on any atom is -0.361 e. The van der Waals surface area contributed by atoms with E-state index in [4.69, 9.17) is 5.11 Å². The molecule has 0 fully saturated rings. The fraction of sp³-hybridized carbons (Fsp3) is 1.00. The van der Waals surface area contributed by atoms with Gasteiger partial charge in [0.15, 0.2) is 0 Å². The zero-order chi connectivity index (χ0) is 10.2. The van der Waals surface area contributed by atoms with E-state index in [1.54, 1.807) is 0 Å². The van der Waals surface area contributed by atoms with E-state index in [9.17, 15) is 26.3 Å². The summed E-state index contributed by atoms with van der Waals surface area (Å²) >= 11 is 0. The largest absolute Gasteiger partial charge is 0.440 e. The molecule has 0 saturated heterocycles. The van der Waals surface area contributed by atoms with Crippen LogP contribution in [0.1, 0.15) is 0 Å². The zero-order valence-electron chi connectivity index (χ0n) is 5.72. The highest BCUT2D eigenvalue weighted by molar-refractivity contribution is 4.89. The van der Waals surface area contributed by atoms with Crippen molar-refractivity contribution in [3.63, 3.8) is 0 Å². The number of aliphatic hydroxyl groups is 1. The fourth-order valence-electron chi connectivity index (χ4n) is 0.444. The molecule has 0 aromatic heterocycles. The highest BCUT2D eigenvalue weighted by Crippen LogP contribution is 2.40. The normalized spacial score (nSPS) is 15.0. The molecule has 0 rings (SSSR count). The standard InChI is InChI=1S/C4H5F6NO/c1-11-2(12,3(5,6)7)4(8,9)10/h11-12H,1H3. The predicted molar refractivity (Wildman–Crippen MR) is 26.1 cm³/mol. The number of rotatable bonds is 1. The Morgan fingerprint density at radius 3 is 1.17 bits per heavy atom. The first kappa shape index (κ1) is 11.5. The topological polar surface area (TPSA) is 32.3 Å². The van der Waals surface area contributed by atoms with Crippen LogP contribution in [0.3, 0.4) is 0 Å². The lowest BCUT2D eigenvalue weighted by Crippen LogP contribution is -2.65. The molecule has 0 aromatic rings. The molecule has 0 unspecified atom stereocenters. The Hall–Kier alpha value is -0.500. The number of halogens is 6. The van der Waals surface area contributed by atoms with E-state index in [0.717, 1.165) is 5.32 Å².